The molecule has 0 spiro atoms. The van der Waals surface area contributed by atoms with Crippen LogP contribution in [0.1, 0.15) is 34.3 Å². The van der Waals surface area contributed by atoms with Crippen LogP contribution in [-0.2, 0) is 17.4 Å². The van der Waals surface area contributed by atoms with E-state index in [1.54, 1.807) is 24.3 Å². The first-order valence-corrected chi connectivity index (χ1v) is 8.18. The van der Waals surface area contributed by atoms with Gasteiger partial charge in [0.15, 0.2) is 0 Å². The summed E-state index contributed by atoms with van der Waals surface area (Å²) in [5.41, 5.74) is 0.764. The molecular weight excluding hydrogens is 345 g/mol. The van der Waals surface area contributed by atoms with Gasteiger partial charge >= 0.3 is 6.18 Å². The van der Waals surface area contributed by atoms with E-state index in [9.17, 15) is 22.8 Å². The smallest absolute Gasteiger partial charge is 0.349 e. The third kappa shape index (κ3) is 4.84. The molecule has 1 saturated carbocycles. The Bertz CT molecular complexity index is 795. The molecule has 136 valence electrons. The molecule has 0 radical (unpaired) electrons. The molecule has 0 unspecified atom stereocenters. The summed E-state index contributed by atoms with van der Waals surface area (Å²) in [4.78, 5) is 23.9. The van der Waals surface area contributed by atoms with E-state index >= 15 is 0 Å². The van der Waals surface area contributed by atoms with Gasteiger partial charge in [0.05, 0.1) is 12.0 Å². The van der Waals surface area contributed by atoms with E-state index in [1.807, 2.05) is 0 Å². The van der Waals surface area contributed by atoms with Crippen molar-refractivity contribution in [3.8, 4) is 0 Å². The van der Waals surface area contributed by atoms with E-state index in [0.717, 1.165) is 25.0 Å². The highest BCUT2D eigenvalue weighted by atomic mass is 19.4. The first-order valence-electron chi connectivity index (χ1n) is 8.18. The van der Waals surface area contributed by atoms with Crippen LogP contribution in [0.2, 0.25) is 0 Å². The minimum absolute atomic E-state index is 0.0396. The Kier molecular flexibility index (Phi) is 4.97. The molecule has 0 saturated heterocycles. The van der Waals surface area contributed by atoms with Crippen molar-refractivity contribution in [3.63, 3.8) is 0 Å². The fourth-order valence-corrected chi connectivity index (χ4v) is 2.40. The molecule has 1 fully saturated rings. The van der Waals surface area contributed by atoms with Crippen LogP contribution in [0.25, 0.3) is 0 Å². The number of benzene rings is 2. The molecule has 1 aliphatic carbocycles. The Morgan fingerprint density at radius 2 is 1.58 bits per heavy atom. The molecule has 0 aromatic heterocycles. The van der Waals surface area contributed by atoms with Crippen LogP contribution >= 0.6 is 0 Å². The van der Waals surface area contributed by atoms with Crippen molar-refractivity contribution in [1.29, 1.82) is 0 Å². The molecule has 2 aromatic rings. The average molecular weight is 362 g/mol. The highest BCUT2D eigenvalue weighted by Gasteiger charge is 2.30. The number of carbonyl (C=O) groups excluding carboxylic acids is 2. The quantitative estimate of drug-likeness (QED) is 0.851. The standard InChI is InChI=1S/C19H17F3N2O2/c20-19(21,22)14-5-1-12(2-6-14)11-17(25)23-15-7-3-13(4-8-15)18(26)24-16-9-10-16/h1-8,16H,9-11H2,(H,23,25)(H,24,26). The molecule has 7 heteroatoms. The monoisotopic (exact) mass is 362 g/mol. The minimum Gasteiger partial charge on any atom is -0.349 e. The number of hydrogen-bond donors (Lipinski definition) is 2. The molecule has 0 bridgehead atoms. The van der Waals surface area contributed by atoms with E-state index in [1.165, 1.54) is 12.1 Å². The second kappa shape index (κ2) is 7.19. The maximum absolute atomic E-state index is 12.5. The molecule has 4 nitrogen and oxygen atoms in total. The number of halogens is 3. The van der Waals surface area contributed by atoms with Gasteiger partial charge in [-0.25, -0.2) is 0 Å². The topological polar surface area (TPSA) is 58.2 Å². The van der Waals surface area contributed by atoms with E-state index in [2.05, 4.69) is 10.6 Å². The van der Waals surface area contributed by atoms with Crippen LogP contribution in [0, 0.1) is 0 Å². The lowest BCUT2D eigenvalue weighted by atomic mass is 10.1. The van der Waals surface area contributed by atoms with Crippen LogP contribution in [-0.4, -0.2) is 17.9 Å². The minimum atomic E-state index is -4.39. The maximum Gasteiger partial charge on any atom is 0.416 e. The Balaban J connectivity index is 1.55. The third-order valence-electron chi connectivity index (χ3n) is 3.99. The lowest BCUT2D eigenvalue weighted by molar-refractivity contribution is -0.137. The number of hydrogen-bond acceptors (Lipinski definition) is 2. The fourth-order valence-electron chi connectivity index (χ4n) is 2.40. The molecule has 1 aliphatic rings. The van der Waals surface area contributed by atoms with Gasteiger partial charge in [0, 0.05) is 17.3 Å². The highest BCUT2D eigenvalue weighted by molar-refractivity contribution is 5.96. The van der Waals surface area contributed by atoms with Gasteiger partial charge in [0.1, 0.15) is 0 Å². The number of amides is 2. The molecule has 0 aliphatic heterocycles. The normalized spacial score (nSPS) is 14.0. The van der Waals surface area contributed by atoms with Gasteiger partial charge in [-0.05, 0) is 54.8 Å². The second-order valence-electron chi connectivity index (χ2n) is 6.24. The lowest BCUT2D eigenvalue weighted by Gasteiger charge is -2.09. The van der Waals surface area contributed by atoms with Crippen LogP contribution in [0.15, 0.2) is 48.5 Å². The van der Waals surface area contributed by atoms with Gasteiger partial charge in [-0.2, -0.15) is 13.2 Å². The molecule has 0 heterocycles. The second-order valence-corrected chi connectivity index (χ2v) is 6.24. The summed E-state index contributed by atoms with van der Waals surface area (Å²) >= 11 is 0. The fraction of sp³-hybridized carbons (Fsp3) is 0.263. The number of rotatable bonds is 5. The Hall–Kier alpha value is -2.83. The SMILES string of the molecule is O=C(Cc1ccc(C(F)(F)F)cc1)Nc1ccc(C(=O)NC2CC2)cc1. The zero-order valence-corrected chi connectivity index (χ0v) is 13.8. The van der Waals surface area contributed by atoms with Crippen molar-refractivity contribution in [2.75, 3.05) is 5.32 Å². The Morgan fingerprint density at radius 3 is 2.12 bits per heavy atom. The molecule has 2 aromatic carbocycles. The van der Waals surface area contributed by atoms with E-state index < -0.39 is 11.7 Å². The highest BCUT2D eigenvalue weighted by Crippen LogP contribution is 2.29. The van der Waals surface area contributed by atoms with Crippen molar-refractivity contribution in [2.24, 2.45) is 0 Å². The van der Waals surface area contributed by atoms with Crippen LogP contribution in [0.3, 0.4) is 0 Å². The van der Waals surface area contributed by atoms with Gasteiger partial charge < -0.3 is 10.6 Å². The van der Waals surface area contributed by atoms with Gasteiger partial charge in [0.2, 0.25) is 5.91 Å². The third-order valence-corrected chi connectivity index (χ3v) is 3.99. The van der Waals surface area contributed by atoms with E-state index in [0.29, 0.717) is 16.8 Å². The summed E-state index contributed by atoms with van der Waals surface area (Å²) in [6.07, 6.45) is -2.43. The van der Waals surface area contributed by atoms with Gasteiger partial charge in [0.25, 0.3) is 5.91 Å². The van der Waals surface area contributed by atoms with Gasteiger partial charge in [-0.1, -0.05) is 12.1 Å². The summed E-state index contributed by atoms with van der Waals surface area (Å²) in [5.74, 6) is -0.491. The van der Waals surface area contributed by atoms with Crippen molar-refractivity contribution in [1.82, 2.24) is 5.32 Å². The number of nitrogens with one attached hydrogen (secondary N) is 2. The molecule has 2 amide bonds. The predicted molar refractivity (Wildman–Crippen MR) is 90.7 cm³/mol. The van der Waals surface area contributed by atoms with Crippen LogP contribution in [0.5, 0.6) is 0 Å². The summed E-state index contributed by atoms with van der Waals surface area (Å²) in [5, 5.41) is 5.53. The molecule has 3 rings (SSSR count). The zero-order valence-electron chi connectivity index (χ0n) is 13.8. The number of anilines is 1. The first kappa shape index (κ1) is 18.0. The summed E-state index contributed by atoms with van der Waals surface area (Å²) in [7, 11) is 0. The molecular formula is C19H17F3N2O2. The summed E-state index contributed by atoms with van der Waals surface area (Å²) in [6, 6.07) is 11.2. The molecule has 2 N–H and O–H groups in total. The van der Waals surface area contributed by atoms with E-state index in [-0.39, 0.29) is 24.3 Å². The Labute approximate surface area is 148 Å². The first-order chi connectivity index (χ1) is 12.3. The van der Waals surface area contributed by atoms with Crippen molar-refractivity contribution < 1.29 is 22.8 Å². The molecule has 0 atom stereocenters. The predicted octanol–water partition coefficient (Wildman–Crippen LogP) is 3.78. The average Bonchev–Trinajstić information content (AvgIpc) is 3.39. The molecule has 26 heavy (non-hydrogen) atoms. The van der Waals surface area contributed by atoms with Crippen molar-refractivity contribution >= 4 is 17.5 Å². The number of alkyl halides is 3. The number of carbonyl (C=O) groups is 2. The largest absolute Gasteiger partial charge is 0.416 e. The summed E-state index contributed by atoms with van der Waals surface area (Å²) < 4.78 is 37.6. The lowest BCUT2D eigenvalue weighted by Crippen LogP contribution is -2.25. The van der Waals surface area contributed by atoms with Crippen molar-refractivity contribution in [3.05, 3.63) is 65.2 Å². The van der Waals surface area contributed by atoms with Gasteiger partial charge in [-0.15, -0.1) is 0 Å². The van der Waals surface area contributed by atoms with Crippen molar-refractivity contribution in [2.45, 2.75) is 31.5 Å². The van der Waals surface area contributed by atoms with Crippen LogP contribution in [0.4, 0.5) is 18.9 Å². The summed E-state index contributed by atoms with van der Waals surface area (Å²) in [6.45, 7) is 0. The zero-order chi connectivity index (χ0) is 18.7. The van der Waals surface area contributed by atoms with Gasteiger partial charge in [-0.3, -0.25) is 9.59 Å². The maximum atomic E-state index is 12.5. The Morgan fingerprint density at radius 1 is 0.962 bits per heavy atom. The van der Waals surface area contributed by atoms with E-state index in [4.69, 9.17) is 0 Å². The van der Waals surface area contributed by atoms with Crippen LogP contribution < -0.4 is 10.6 Å².